The molecule has 1 atom stereocenters. The fourth-order valence-electron chi connectivity index (χ4n) is 2.78. The van der Waals surface area contributed by atoms with Gasteiger partial charge in [0.25, 0.3) is 0 Å². The summed E-state index contributed by atoms with van der Waals surface area (Å²) in [6.07, 6.45) is 4.31. The van der Waals surface area contributed by atoms with E-state index in [1.54, 1.807) is 6.07 Å². The van der Waals surface area contributed by atoms with E-state index >= 15 is 0 Å². The summed E-state index contributed by atoms with van der Waals surface area (Å²) >= 11 is 7.76. The fourth-order valence-corrected chi connectivity index (χ4v) is 4.18. The lowest BCUT2D eigenvalue weighted by atomic mass is 9.92. The first-order chi connectivity index (χ1) is 12.4. The highest BCUT2D eigenvalue weighted by molar-refractivity contribution is 7.14. The van der Waals surface area contributed by atoms with Crippen LogP contribution in [0, 0.1) is 6.92 Å². The Morgan fingerprint density at radius 3 is 2.58 bits per heavy atom. The molecule has 0 aliphatic heterocycles. The molecule has 5 heteroatoms. The van der Waals surface area contributed by atoms with Crippen molar-refractivity contribution >= 4 is 28.7 Å². The molecule has 1 aromatic carbocycles. The number of aliphatic hydroxyl groups excluding tert-OH is 1. The number of nitrogens with two attached hydrogens (primary N) is 1. The molecule has 0 bridgehead atoms. The van der Waals surface area contributed by atoms with E-state index in [0.29, 0.717) is 30.7 Å². The number of hydrogen-bond donors (Lipinski definition) is 2. The van der Waals surface area contributed by atoms with Gasteiger partial charge < -0.3 is 10.8 Å². The maximum atomic E-state index is 12.5. The summed E-state index contributed by atoms with van der Waals surface area (Å²) in [5.41, 5.74) is 8.07. The first-order valence-corrected chi connectivity index (χ1v) is 10.3. The standard InChI is InChI=1S/C21H28ClNO2S/c1-3-21(23,14-24)12-11-19-17(22)13-20(26-19)18(25)6-4-5-16-9-7-15(2)8-10-16/h7-10,13,24H,3-6,11-12,14,23H2,1-2H3. The maximum absolute atomic E-state index is 12.5. The van der Waals surface area contributed by atoms with Gasteiger partial charge in [-0.1, -0.05) is 48.4 Å². The van der Waals surface area contributed by atoms with E-state index in [1.807, 2.05) is 6.92 Å². The molecule has 0 spiro atoms. The van der Waals surface area contributed by atoms with Gasteiger partial charge in [-0.3, -0.25) is 4.79 Å². The smallest absolute Gasteiger partial charge is 0.172 e. The molecule has 1 heterocycles. The number of hydrogen-bond acceptors (Lipinski definition) is 4. The monoisotopic (exact) mass is 393 g/mol. The number of aliphatic hydroxyl groups is 1. The van der Waals surface area contributed by atoms with Crippen LogP contribution in [-0.2, 0) is 12.8 Å². The predicted molar refractivity (Wildman–Crippen MR) is 110 cm³/mol. The van der Waals surface area contributed by atoms with Gasteiger partial charge in [0.2, 0.25) is 0 Å². The molecule has 26 heavy (non-hydrogen) atoms. The van der Waals surface area contributed by atoms with Crippen molar-refractivity contribution in [1.29, 1.82) is 0 Å². The van der Waals surface area contributed by atoms with Crippen LogP contribution < -0.4 is 5.73 Å². The highest BCUT2D eigenvalue weighted by atomic mass is 35.5. The van der Waals surface area contributed by atoms with Gasteiger partial charge in [0.05, 0.1) is 16.5 Å². The van der Waals surface area contributed by atoms with Crippen molar-refractivity contribution in [3.05, 3.63) is 56.2 Å². The Kier molecular flexibility index (Phi) is 7.84. The zero-order valence-electron chi connectivity index (χ0n) is 15.6. The largest absolute Gasteiger partial charge is 0.394 e. The third kappa shape index (κ3) is 5.92. The Bertz CT molecular complexity index is 720. The van der Waals surface area contributed by atoms with Gasteiger partial charge in [0, 0.05) is 16.8 Å². The lowest BCUT2D eigenvalue weighted by Gasteiger charge is -2.25. The summed E-state index contributed by atoms with van der Waals surface area (Å²) in [7, 11) is 0. The second kappa shape index (κ2) is 9.65. The molecular formula is C21H28ClNO2S. The molecule has 0 aliphatic rings. The Hall–Kier alpha value is -1.20. The van der Waals surface area contributed by atoms with E-state index in [4.69, 9.17) is 17.3 Å². The van der Waals surface area contributed by atoms with Gasteiger partial charge in [0.1, 0.15) is 0 Å². The van der Waals surface area contributed by atoms with E-state index in [0.717, 1.165) is 22.6 Å². The average Bonchev–Trinajstić information content (AvgIpc) is 3.02. The van der Waals surface area contributed by atoms with E-state index < -0.39 is 5.54 Å². The molecule has 1 aromatic heterocycles. The summed E-state index contributed by atoms with van der Waals surface area (Å²) in [6, 6.07) is 10.2. The number of carbonyl (C=O) groups is 1. The lowest BCUT2D eigenvalue weighted by Crippen LogP contribution is -2.43. The second-order valence-corrected chi connectivity index (χ2v) is 8.56. The molecule has 0 fully saturated rings. The third-order valence-corrected chi connectivity index (χ3v) is 6.58. The van der Waals surface area contributed by atoms with Crippen molar-refractivity contribution in [2.24, 2.45) is 5.73 Å². The molecule has 1 unspecified atom stereocenters. The number of rotatable bonds is 10. The number of aryl methyl sites for hydroxylation is 3. The SMILES string of the molecule is CCC(N)(CO)CCc1sc(C(=O)CCCc2ccc(C)cc2)cc1Cl. The number of ketones is 1. The van der Waals surface area contributed by atoms with Crippen LogP contribution in [0.15, 0.2) is 30.3 Å². The molecule has 0 saturated carbocycles. The van der Waals surface area contributed by atoms with Crippen LogP contribution in [0.3, 0.4) is 0 Å². The Labute approximate surface area is 165 Å². The minimum Gasteiger partial charge on any atom is -0.394 e. The van der Waals surface area contributed by atoms with Crippen molar-refractivity contribution in [1.82, 2.24) is 0 Å². The van der Waals surface area contributed by atoms with Gasteiger partial charge in [0.15, 0.2) is 5.78 Å². The van der Waals surface area contributed by atoms with Crippen molar-refractivity contribution in [3.63, 3.8) is 0 Å². The van der Waals surface area contributed by atoms with Gasteiger partial charge in [-0.05, 0) is 50.7 Å². The molecular weight excluding hydrogens is 366 g/mol. The fraction of sp³-hybridized carbons (Fsp3) is 0.476. The number of carbonyl (C=O) groups excluding carboxylic acids is 1. The molecule has 3 N–H and O–H groups in total. The predicted octanol–water partition coefficient (Wildman–Crippen LogP) is 4.95. The van der Waals surface area contributed by atoms with Crippen LogP contribution in [0.1, 0.15) is 58.3 Å². The summed E-state index contributed by atoms with van der Waals surface area (Å²) in [5.74, 6) is 0.145. The lowest BCUT2D eigenvalue weighted by molar-refractivity contribution is 0.0984. The van der Waals surface area contributed by atoms with Gasteiger partial charge in [-0.15, -0.1) is 11.3 Å². The van der Waals surface area contributed by atoms with Crippen LogP contribution in [-0.4, -0.2) is 23.0 Å². The van der Waals surface area contributed by atoms with Crippen molar-refractivity contribution in [2.75, 3.05) is 6.61 Å². The van der Waals surface area contributed by atoms with E-state index in [-0.39, 0.29) is 12.4 Å². The molecule has 2 rings (SSSR count). The molecule has 3 nitrogen and oxygen atoms in total. The Balaban J connectivity index is 1.88. The maximum Gasteiger partial charge on any atom is 0.172 e. The summed E-state index contributed by atoms with van der Waals surface area (Å²) in [6.45, 7) is 3.99. The molecule has 0 amide bonds. The van der Waals surface area contributed by atoms with Gasteiger partial charge >= 0.3 is 0 Å². The Morgan fingerprint density at radius 1 is 1.27 bits per heavy atom. The van der Waals surface area contributed by atoms with Gasteiger partial charge in [-0.2, -0.15) is 0 Å². The molecule has 0 radical (unpaired) electrons. The average molecular weight is 394 g/mol. The van der Waals surface area contributed by atoms with Crippen molar-refractivity contribution < 1.29 is 9.90 Å². The van der Waals surface area contributed by atoms with Crippen LogP contribution in [0.25, 0.3) is 0 Å². The normalized spacial score (nSPS) is 13.6. The van der Waals surface area contributed by atoms with Crippen LogP contribution >= 0.6 is 22.9 Å². The third-order valence-electron chi connectivity index (χ3n) is 4.89. The molecule has 0 saturated heterocycles. The first-order valence-electron chi connectivity index (χ1n) is 9.13. The van der Waals surface area contributed by atoms with Gasteiger partial charge in [-0.25, -0.2) is 0 Å². The van der Waals surface area contributed by atoms with E-state index in [2.05, 4.69) is 31.2 Å². The molecule has 2 aromatic rings. The first kappa shape index (κ1) is 21.1. The van der Waals surface area contributed by atoms with Crippen LogP contribution in [0.5, 0.6) is 0 Å². The second-order valence-electron chi connectivity index (χ2n) is 7.02. The number of benzene rings is 1. The zero-order chi connectivity index (χ0) is 19.2. The van der Waals surface area contributed by atoms with Crippen LogP contribution in [0.4, 0.5) is 0 Å². The van der Waals surface area contributed by atoms with Crippen molar-refractivity contribution in [3.8, 4) is 0 Å². The number of Topliss-reactive ketones (excluding diaryl/α,β-unsaturated/α-hetero) is 1. The number of thiophene rings is 1. The molecule has 0 aliphatic carbocycles. The van der Waals surface area contributed by atoms with Crippen LogP contribution in [0.2, 0.25) is 5.02 Å². The topological polar surface area (TPSA) is 63.3 Å². The minimum atomic E-state index is -0.578. The van der Waals surface area contributed by atoms with E-state index in [1.165, 1.54) is 22.5 Å². The number of halogens is 1. The summed E-state index contributed by atoms with van der Waals surface area (Å²) in [4.78, 5) is 14.2. The minimum absolute atomic E-state index is 0.0444. The summed E-state index contributed by atoms with van der Waals surface area (Å²) < 4.78 is 0. The summed E-state index contributed by atoms with van der Waals surface area (Å²) in [5, 5.41) is 10.1. The van der Waals surface area contributed by atoms with E-state index in [9.17, 15) is 9.90 Å². The Morgan fingerprint density at radius 2 is 1.96 bits per heavy atom. The van der Waals surface area contributed by atoms with Crippen molar-refractivity contribution in [2.45, 2.75) is 57.9 Å². The zero-order valence-corrected chi connectivity index (χ0v) is 17.1. The molecule has 142 valence electrons. The quantitative estimate of drug-likeness (QED) is 0.561. The highest BCUT2D eigenvalue weighted by Crippen LogP contribution is 2.31. The highest BCUT2D eigenvalue weighted by Gasteiger charge is 2.23.